The normalized spacial score (nSPS) is 11.8. The summed E-state index contributed by atoms with van der Waals surface area (Å²) in [5.74, 6) is -1.25. The van der Waals surface area contributed by atoms with Gasteiger partial charge in [0.25, 0.3) is 6.43 Å². The third kappa shape index (κ3) is 3.51. The first-order valence-corrected chi connectivity index (χ1v) is 5.98. The highest BCUT2D eigenvalue weighted by molar-refractivity contribution is 14.1. The number of pyridine rings is 1. The Hall–Kier alpha value is -1.00. The van der Waals surface area contributed by atoms with E-state index in [-0.39, 0.29) is 16.5 Å². The van der Waals surface area contributed by atoms with Gasteiger partial charge in [-0.3, -0.25) is 0 Å². The van der Waals surface area contributed by atoms with Crippen molar-refractivity contribution in [3.63, 3.8) is 0 Å². The fourth-order valence-corrected chi connectivity index (χ4v) is 2.00. The second kappa shape index (κ2) is 5.97. The van der Waals surface area contributed by atoms with Crippen LogP contribution in [0.2, 0.25) is 0 Å². The number of hydrogen-bond acceptors (Lipinski definition) is 3. The molecule has 9 heteroatoms. The first kappa shape index (κ1) is 16.1. The van der Waals surface area contributed by atoms with E-state index in [1.165, 1.54) is 29.5 Å². The molecule has 0 amide bonds. The van der Waals surface area contributed by atoms with Crippen molar-refractivity contribution >= 4 is 28.6 Å². The quantitative estimate of drug-likeness (QED) is 0.338. The minimum atomic E-state index is -5.02. The van der Waals surface area contributed by atoms with Crippen molar-refractivity contribution in [1.29, 1.82) is 0 Å². The van der Waals surface area contributed by atoms with Crippen molar-refractivity contribution in [3.8, 4) is 0 Å². The smallest absolute Gasteiger partial charge is 0.418 e. The van der Waals surface area contributed by atoms with Gasteiger partial charge in [-0.2, -0.15) is 13.2 Å². The molecule has 0 aliphatic heterocycles. The molecule has 0 aliphatic rings. The van der Waals surface area contributed by atoms with E-state index in [0.29, 0.717) is 0 Å². The highest BCUT2D eigenvalue weighted by atomic mass is 127. The maximum absolute atomic E-state index is 12.9. The van der Waals surface area contributed by atoms with Gasteiger partial charge in [0.1, 0.15) is 9.26 Å². The van der Waals surface area contributed by atoms with E-state index in [0.717, 1.165) is 0 Å². The highest BCUT2D eigenvalue weighted by Crippen LogP contribution is 2.38. The van der Waals surface area contributed by atoms with Crippen molar-refractivity contribution in [2.24, 2.45) is 0 Å². The minimum Gasteiger partial charge on any atom is -0.462 e. The zero-order valence-corrected chi connectivity index (χ0v) is 11.6. The SMILES string of the molecule is CCOC(=O)c1c(I)ncc(C(F)(F)F)c1C(F)F. The number of rotatable bonds is 3. The summed E-state index contributed by atoms with van der Waals surface area (Å²) in [6, 6.07) is 0. The van der Waals surface area contributed by atoms with Gasteiger partial charge in [-0.15, -0.1) is 0 Å². The zero-order valence-electron chi connectivity index (χ0n) is 9.39. The van der Waals surface area contributed by atoms with Crippen LogP contribution in [-0.4, -0.2) is 17.6 Å². The number of aromatic nitrogens is 1. The molecule has 0 aromatic carbocycles. The van der Waals surface area contributed by atoms with E-state index < -0.39 is 35.3 Å². The molecule has 1 aromatic heterocycles. The molecule has 106 valence electrons. The van der Waals surface area contributed by atoms with Crippen molar-refractivity contribution < 1.29 is 31.5 Å². The van der Waals surface area contributed by atoms with Crippen molar-refractivity contribution in [1.82, 2.24) is 4.98 Å². The van der Waals surface area contributed by atoms with E-state index in [4.69, 9.17) is 0 Å². The molecule has 3 nitrogen and oxygen atoms in total. The molecule has 1 heterocycles. The lowest BCUT2D eigenvalue weighted by molar-refractivity contribution is -0.139. The summed E-state index contributed by atoms with van der Waals surface area (Å²) in [6.07, 6.45) is -8.20. The Balaban J connectivity index is 3.56. The first-order valence-electron chi connectivity index (χ1n) is 4.91. The van der Waals surface area contributed by atoms with Gasteiger partial charge < -0.3 is 4.74 Å². The average Bonchev–Trinajstić information content (AvgIpc) is 2.26. The van der Waals surface area contributed by atoms with Gasteiger partial charge in [0.05, 0.1) is 12.2 Å². The van der Waals surface area contributed by atoms with Crippen molar-refractivity contribution in [2.75, 3.05) is 6.61 Å². The standard InChI is InChI=1S/C10H7F5INO2/c1-2-19-9(18)6-5(7(11)12)4(10(13,14)15)3-17-8(6)16/h3,7H,2H2,1H3. The number of carbonyl (C=O) groups is 1. The van der Waals surface area contributed by atoms with E-state index in [2.05, 4.69) is 9.72 Å². The van der Waals surface area contributed by atoms with Gasteiger partial charge in [0.15, 0.2) is 0 Å². The molecule has 1 rings (SSSR count). The summed E-state index contributed by atoms with van der Waals surface area (Å²) in [6.45, 7) is 1.27. The Bertz CT molecular complexity index is 490. The van der Waals surface area contributed by atoms with Gasteiger partial charge in [0.2, 0.25) is 0 Å². The van der Waals surface area contributed by atoms with E-state index >= 15 is 0 Å². The van der Waals surface area contributed by atoms with Crippen molar-refractivity contribution in [3.05, 3.63) is 26.6 Å². The molecule has 1 aromatic rings. The fourth-order valence-electron chi connectivity index (χ4n) is 1.35. The molecule has 0 fully saturated rings. The summed E-state index contributed by atoms with van der Waals surface area (Å²) < 4.78 is 67.9. The molecule has 0 saturated heterocycles. The average molecular weight is 395 g/mol. The maximum Gasteiger partial charge on any atom is 0.418 e. The third-order valence-corrected chi connectivity index (χ3v) is 2.89. The molecule has 0 saturated carbocycles. The molecule has 0 aliphatic carbocycles. The number of carbonyl (C=O) groups excluding carboxylic acids is 1. The zero-order chi connectivity index (χ0) is 14.8. The number of hydrogen-bond donors (Lipinski definition) is 0. The van der Waals surface area contributed by atoms with Gasteiger partial charge >= 0.3 is 12.1 Å². The van der Waals surface area contributed by atoms with Crippen LogP contribution in [0.3, 0.4) is 0 Å². The largest absolute Gasteiger partial charge is 0.462 e. The van der Waals surface area contributed by atoms with E-state index in [1.807, 2.05) is 0 Å². The Morgan fingerprint density at radius 1 is 1.47 bits per heavy atom. The first-order chi connectivity index (χ1) is 8.70. The van der Waals surface area contributed by atoms with Crippen LogP contribution in [-0.2, 0) is 10.9 Å². The molecule has 0 spiro atoms. The lowest BCUT2D eigenvalue weighted by Gasteiger charge is -2.16. The van der Waals surface area contributed by atoms with Gasteiger partial charge in [0, 0.05) is 11.8 Å². The van der Waals surface area contributed by atoms with Gasteiger partial charge in [-0.25, -0.2) is 18.6 Å². The monoisotopic (exact) mass is 395 g/mol. The van der Waals surface area contributed by atoms with Crippen LogP contribution in [0.15, 0.2) is 6.20 Å². The van der Waals surface area contributed by atoms with Crippen LogP contribution in [0.5, 0.6) is 0 Å². The Morgan fingerprint density at radius 3 is 2.47 bits per heavy atom. The highest BCUT2D eigenvalue weighted by Gasteiger charge is 2.40. The second-order valence-electron chi connectivity index (χ2n) is 3.27. The predicted molar refractivity (Wildman–Crippen MR) is 62.9 cm³/mol. The number of ether oxygens (including phenoxy) is 1. The van der Waals surface area contributed by atoms with Crippen LogP contribution in [0.25, 0.3) is 0 Å². The fraction of sp³-hybridized carbons (Fsp3) is 0.400. The Labute approximate surface area is 118 Å². The van der Waals surface area contributed by atoms with Gasteiger partial charge in [-0.1, -0.05) is 0 Å². The second-order valence-corrected chi connectivity index (χ2v) is 4.29. The number of nitrogens with zero attached hydrogens (tertiary/aromatic N) is 1. The summed E-state index contributed by atoms with van der Waals surface area (Å²) in [5.41, 5.74) is -3.87. The molecular weight excluding hydrogens is 388 g/mol. The number of halogens is 6. The summed E-state index contributed by atoms with van der Waals surface area (Å²) >= 11 is 1.41. The molecule has 0 bridgehead atoms. The van der Waals surface area contributed by atoms with E-state index in [9.17, 15) is 26.7 Å². The van der Waals surface area contributed by atoms with Crippen LogP contribution in [0.4, 0.5) is 22.0 Å². The van der Waals surface area contributed by atoms with Gasteiger partial charge in [-0.05, 0) is 29.5 Å². The topological polar surface area (TPSA) is 39.2 Å². The minimum absolute atomic E-state index is 0.145. The van der Waals surface area contributed by atoms with E-state index in [1.54, 1.807) is 0 Å². The lowest BCUT2D eigenvalue weighted by Crippen LogP contribution is -2.18. The summed E-state index contributed by atoms with van der Waals surface area (Å²) in [7, 11) is 0. The van der Waals surface area contributed by atoms with Crippen LogP contribution in [0.1, 0.15) is 34.8 Å². The van der Waals surface area contributed by atoms with Crippen LogP contribution < -0.4 is 0 Å². The maximum atomic E-state index is 12.9. The number of esters is 1. The lowest BCUT2D eigenvalue weighted by atomic mass is 10.0. The molecule has 0 N–H and O–H groups in total. The number of alkyl halides is 5. The summed E-state index contributed by atoms with van der Waals surface area (Å²) in [4.78, 5) is 14.8. The molecule has 0 atom stereocenters. The molecular formula is C10H7F5INO2. The van der Waals surface area contributed by atoms with Crippen LogP contribution in [0, 0.1) is 3.70 Å². The molecule has 0 unspecified atom stereocenters. The predicted octanol–water partition coefficient (Wildman–Crippen LogP) is 3.82. The Kier molecular flexibility index (Phi) is 5.04. The van der Waals surface area contributed by atoms with Crippen molar-refractivity contribution in [2.45, 2.75) is 19.5 Å². The third-order valence-electron chi connectivity index (χ3n) is 2.08. The van der Waals surface area contributed by atoms with Crippen LogP contribution >= 0.6 is 22.6 Å². The summed E-state index contributed by atoms with van der Waals surface area (Å²) in [5, 5.41) is 0. The Morgan fingerprint density at radius 2 is 2.05 bits per heavy atom. The molecule has 0 radical (unpaired) electrons. The molecule has 19 heavy (non-hydrogen) atoms.